The number of halogens is 1. The molecule has 35 heavy (non-hydrogen) atoms. The molecule has 1 unspecified atom stereocenters. The number of ether oxygens (including phenoxy) is 1. The van der Waals surface area contributed by atoms with Gasteiger partial charge in [0.05, 0.1) is 29.2 Å². The maximum absolute atomic E-state index is 14.3. The highest BCUT2D eigenvalue weighted by Crippen LogP contribution is 2.61. The first-order chi connectivity index (χ1) is 16.8. The van der Waals surface area contributed by atoms with Gasteiger partial charge in [-0.15, -0.1) is 11.8 Å². The van der Waals surface area contributed by atoms with Gasteiger partial charge in [-0.2, -0.15) is 0 Å². The van der Waals surface area contributed by atoms with Gasteiger partial charge in [0.25, 0.3) is 5.91 Å². The zero-order valence-electron chi connectivity index (χ0n) is 19.7. The highest BCUT2D eigenvalue weighted by molar-refractivity contribution is 8.02. The number of carbonyl (C=O) groups excluding carboxylic acids is 3. The third-order valence-corrected chi connectivity index (χ3v) is 9.83. The zero-order chi connectivity index (χ0) is 24.9. The van der Waals surface area contributed by atoms with Crippen LogP contribution in [0.15, 0.2) is 48.6 Å². The lowest BCUT2D eigenvalue weighted by atomic mass is 9.78. The molecule has 7 atom stereocenters. The molecule has 1 aromatic rings. The molecule has 186 valence electrons. The molecule has 2 fully saturated rings. The molecule has 5 rings (SSSR count). The number of aliphatic hydroxyl groups excluding tert-OH is 1. The predicted octanol–water partition coefficient (Wildman–Crippen LogP) is 3.06. The molecule has 0 aromatic heterocycles. The number of rotatable bonds is 5. The maximum Gasteiger partial charge on any atom is 0.311 e. The number of hydrogen-bond acceptors (Lipinski definition) is 6. The van der Waals surface area contributed by atoms with Gasteiger partial charge in [0, 0.05) is 22.5 Å². The number of esters is 1. The fourth-order valence-electron chi connectivity index (χ4n) is 5.93. The van der Waals surface area contributed by atoms with Crippen molar-refractivity contribution in [1.29, 1.82) is 0 Å². The summed E-state index contributed by atoms with van der Waals surface area (Å²) in [6.07, 6.45) is 8.34. The van der Waals surface area contributed by atoms with Crippen molar-refractivity contribution in [2.24, 2.45) is 17.8 Å². The van der Waals surface area contributed by atoms with Crippen LogP contribution in [0.5, 0.6) is 0 Å². The Morgan fingerprint density at radius 1 is 1.20 bits per heavy atom. The molecule has 2 amide bonds. The normalized spacial score (nSPS) is 33.5. The van der Waals surface area contributed by atoms with E-state index in [1.165, 1.54) is 11.8 Å². The highest BCUT2D eigenvalue weighted by atomic mass is 35.5. The molecule has 1 spiro atoms. The van der Waals surface area contributed by atoms with Crippen LogP contribution in [-0.4, -0.2) is 69.6 Å². The van der Waals surface area contributed by atoms with Gasteiger partial charge in [0.2, 0.25) is 5.91 Å². The van der Waals surface area contributed by atoms with Crippen LogP contribution >= 0.6 is 23.4 Å². The first-order valence-electron chi connectivity index (χ1n) is 12.0. The SMILES string of the molecule is CC[C@H](C)[C@H](CO)N1C(=O)[C@@H]2[C@H]3C(=O)OCC=C[C@H]3S[C@@]23C=CCN(c2ccc(Cl)cc2)C(=O)C13. The zero-order valence-corrected chi connectivity index (χ0v) is 21.2. The second-order valence-corrected chi connectivity index (χ2v) is 11.5. The van der Waals surface area contributed by atoms with Crippen LogP contribution in [0.25, 0.3) is 0 Å². The lowest BCUT2D eigenvalue weighted by Crippen LogP contribution is -2.58. The fraction of sp³-hybridized carbons (Fsp3) is 0.500. The van der Waals surface area contributed by atoms with E-state index in [0.29, 0.717) is 17.3 Å². The molecule has 4 aliphatic rings. The second kappa shape index (κ2) is 9.30. The van der Waals surface area contributed by atoms with Crippen molar-refractivity contribution in [3.63, 3.8) is 0 Å². The van der Waals surface area contributed by atoms with Crippen molar-refractivity contribution in [3.05, 3.63) is 53.6 Å². The number of cyclic esters (lactones) is 1. The Labute approximate surface area is 214 Å². The summed E-state index contributed by atoms with van der Waals surface area (Å²) in [5.41, 5.74) is 0.678. The van der Waals surface area contributed by atoms with Gasteiger partial charge in [0.1, 0.15) is 12.6 Å². The number of thioether (sulfide) groups is 1. The van der Waals surface area contributed by atoms with Gasteiger partial charge in [-0.25, -0.2) is 0 Å². The van der Waals surface area contributed by atoms with Crippen LogP contribution in [0.3, 0.4) is 0 Å². The monoisotopic (exact) mass is 516 g/mol. The number of carbonyl (C=O) groups is 3. The first-order valence-corrected chi connectivity index (χ1v) is 13.3. The summed E-state index contributed by atoms with van der Waals surface area (Å²) >= 11 is 7.58. The highest BCUT2D eigenvalue weighted by Gasteiger charge is 2.72. The van der Waals surface area contributed by atoms with Crippen LogP contribution < -0.4 is 4.90 Å². The Balaban J connectivity index is 1.66. The summed E-state index contributed by atoms with van der Waals surface area (Å²) in [6, 6.07) is 5.63. The van der Waals surface area contributed by atoms with Crippen molar-refractivity contribution in [2.45, 2.75) is 42.3 Å². The summed E-state index contributed by atoms with van der Waals surface area (Å²) in [4.78, 5) is 44.8. The van der Waals surface area contributed by atoms with Crippen LogP contribution in [0.2, 0.25) is 5.02 Å². The summed E-state index contributed by atoms with van der Waals surface area (Å²) in [5, 5.41) is 10.7. The Morgan fingerprint density at radius 3 is 2.63 bits per heavy atom. The van der Waals surface area contributed by atoms with Crippen LogP contribution in [-0.2, 0) is 19.1 Å². The summed E-state index contributed by atoms with van der Waals surface area (Å²) in [5.74, 6) is -2.37. The van der Waals surface area contributed by atoms with Crippen LogP contribution in [0.1, 0.15) is 20.3 Å². The van der Waals surface area contributed by atoms with E-state index in [9.17, 15) is 19.5 Å². The van der Waals surface area contributed by atoms with E-state index in [1.54, 1.807) is 34.1 Å². The topological polar surface area (TPSA) is 87.2 Å². The molecule has 7 nitrogen and oxygen atoms in total. The Bertz CT molecular complexity index is 1090. The van der Waals surface area contributed by atoms with Gasteiger partial charge in [-0.3, -0.25) is 14.4 Å². The third-order valence-electron chi connectivity index (χ3n) is 7.83. The molecule has 0 radical (unpaired) electrons. The van der Waals surface area contributed by atoms with E-state index in [2.05, 4.69) is 0 Å². The lowest BCUT2D eigenvalue weighted by molar-refractivity contribution is -0.152. The standard InChI is InChI=1S/C26H29ClN2O5S/c1-3-15(2)18(14-30)29-22-24(32)28(17-9-7-16(27)8-10-17)12-5-11-26(22)21(23(29)31)20-19(35-26)6-4-13-34-25(20)33/h4-11,15,18-22,30H,3,12-14H2,1-2H3/t15-,18-,19+,20-,21-,22?,26-/m0/s1. The lowest BCUT2D eigenvalue weighted by Gasteiger charge is -2.40. The average molecular weight is 517 g/mol. The van der Waals surface area contributed by atoms with Gasteiger partial charge >= 0.3 is 5.97 Å². The van der Waals surface area contributed by atoms with Crippen molar-refractivity contribution in [1.82, 2.24) is 4.90 Å². The number of amides is 2. The van der Waals surface area contributed by atoms with E-state index in [4.69, 9.17) is 16.3 Å². The molecule has 0 aliphatic carbocycles. The average Bonchev–Trinajstić information content (AvgIpc) is 3.15. The molecule has 4 heterocycles. The maximum atomic E-state index is 14.3. The van der Waals surface area contributed by atoms with Crippen molar-refractivity contribution >= 4 is 46.8 Å². The Morgan fingerprint density at radius 2 is 1.94 bits per heavy atom. The van der Waals surface area contributed by atoms with Crippen LogP contribution in [0.4, 0.5) is 5.69 Å². The van der Waals surface area contributed by atoms with E-state index >= 15 is 0 Å². The summed E-state index contributed by atoms with van der Waals surface area (Å²) < 4.78 is 4.47. The fourth-order valence-corrected chi connectivity index (χ4v) is 8.05. The predicted molar refractivity (Wildman–Crippen MR) is 135 cm³/mol. The number of benzene rings is 1. The van der Waals surface area contributed by atoms with Gasteiger partial charge < -0.3 is 19.6 Å². The number of hydrogen-bond donors (Lipinski definition) is 1. The van der Waals surface area contributed by atoms with Crippen molar-refractivity contribution in [3.8, 4) is 0 Å². The van der Waals surface area contributed by atoms with E-state index in [-0.39, 0.29) is 36.2 Å². The van der Waals surface area contributed by atoms with Gasteiger partial charge in [0.15, 0.2) is 0 Å². The number of fused-ring (bicyclic) bond motifs is 2. The quantitative estimate of drug-likeness (QED) is 0.478. The number of aliphatic hydroxyl groups is 1. The molecule has 0 bridgehead atoms. The summed E-state index contributed by atoms with van der Waals surface area (Å²) in [6.45, 7) is 4.22. The van der Waals surface area contributed by atoms with Crippen molar-refractivity contribution < 1.29 is 24.2 Å². The number of likely N-dealkylation sites (tertiary alicyclic amines) is 1. The minimum absolute atomic E-state index is 0.0365. The molecular formula is C26H29ClN2O5S. The summed E-state index contributed by atoms with van der Waals surface area (Å²) in [7, 11) is 0. The Kier molecular flexibility index (Phi) is 6.48. The molecule has 1 aromatic carbocycles. The second-order valence-electron chi connectivity index (χ2n) is 9.61. The molecule has 2 saturated heterocycles. The largest absolute Gasteiger partial charge is 0.461 e. The Hall–Kier alpha value is -2.29. The van der Waals surface area contributed by atoms with Gasteiger partial charge in [-0.05, 0) is 30.2 Å². The minimum atomic E-state index is -0.938. The number of nitrogens with zero attached hydrogens (tertiary/aromatic N) is 2. The molecule has 0 saturated carbocycles. The molecular weight excluding hydrogens is 488 g/mol. The van der Waals surface area contributed by atoms with Crippen molar-refractivity contribution in [2.75, 3.05) is 24.7 Å². The van der Waals surface area contributed by atoms with Gasteiger partial charge in [-0.1, -0.05) is 56.2 Å². The number of anilines is 1. The molecule has 4 aliphatic heterocycles. The van der Waals surface area contributed by atoms with Crippen LogP contribution in [0, 0.1) is 17.8 Å². The van der Waals surface area contributed by atoms with E-state index in [1.807, 2.05) is 38.2 Å². The van der Waals surface area contributed by atoms with E-state index in [0.717, 1.165) is 6.42 Å². The van der Waals surface area contributed by atoms with E-state index < -0.39 is 34.6 Å². The minimum Gasteiger partial charge on any atom is -0.461 e. The first kappa shape index (κ1) is 24.4. The molecule has 1 N–H and O–H groups in total. The molecule has 9 heteroatoms. The smallest absolute Gasteiger partial charge is 0.311 e. The third kappa shape index (κ3) is 3.72.